The van der Waals surface area contributed by atoms with E-state index in [0.29, 0.717) is 0 Å². The molecule has 0 aromatic heterocycles. The van der Waals surface area contributed by atoms with Crippen LogP contribution < -0.4 is 0 Å². The van der Waals surface area contributed by atoms with E-state index in [1.807, 2.05) is 0 Å². The Morgan fingerprint density at radius 1 is 1.33 bits per heavy atom. The maximum atomic E-state index is 4.32. The number of rotatable bonds is 5. The SMILES string of the molecule is C=C(CC)C(C(C)C)C12CC(CC)C1C2. The zero-order valence-electron chi connectivity index (χ0n) is 10.8. The third-order valence-corrected chi connectivity index (χ3v) is 5.09. The molecule has 2 rings (SSSR count). The van der Waals surface area contributed by atoms with Gasteiger partial charge in [0.15, 0.2) is 0 Å². The van der Waals surface area contributed by atoms with Crippen LogP contribution >= 0.6 is 0 Å². The molecule has 0 N–H and O–H groups in total. The predicted octanol–water partition coefficient (Wildman–Crippen LogP) is 4.66. The average molecular weight is 206 g/mol. The molecule has 0 spiro atoms. The molecule has 2 saturated carbocycles. The Balaban J connectivity index is 2.07. The molecule has 0 radical (unpaired) electrons. The van der Waals surface area contributed by atoms with Crippen molar-refractivity contribution in [3.63, 3.8) is 0 Å². The molecular formula is C15H26. The first-order valence-electron chi connectivity index (χ1n) is 6.74. The first-order chi connectivity index (χ1) is 7.06. The van der Waals surface area contributed by atoms with E-state index in [1.165, 1.54) is 31.3 Å². The number of allylic oxidation sites excluding steroid dienone is 1. The average Bonchev–Trinajstić information content (AvgIpc) is 2.74. The van der Waals surface area contributed by atoms with Crippen LogP contribution in [0.4, 0.5) is 0 Å². The lowest BCUT2D eigenvalue weighted by atomic mass is 9.62. The highest BCUT2D eigenvalue weighted by atomic mass is 14.7. The molecule has 86 valence electrons. The largest absolute Gasteiger partial charge is 0.0996 e. The molecule has 15 heavy (non-hydrogen) atoms. The van der Waals surface area contributed by atoms with Crippen molar-refractivity contribution in [1.82, 2.24) is 0 Å². The minimum Gasteiger partial charge on any atom is -0.0996 e. The Bertz CT molecular complexity index is 263. The van der Waals surface area contributed by atoms with Crippen LogP contribution in [0.3, 0.4) is 0 Å². The normalized spacial score (nSPS) is 39.5. The molecule has 0 saturated heterocycles. The topological polar surface area (TPSA) is 0 Å². The summed E-state index contributed by atoms with van der Waals surface area (Å²) in [4.78, 5) is 0. The monoisotopic (exact) mass is 206 g/mol. The van der Waals surface area contributed by atoms with E-state index in [4.69, 9.17) is 0 Å². The van der Waals surface area contributed by atoms with Crippen LogP contribution in [0.1, 0.15) is 53.4 Å². The first-order valence-corrected chi connectivity index (χ1v) is 6.74. The van der Waals surface area contributed by atoms with Gasteiger partial charge in [-0.3, -0.25) is 0 Å². The van der Waals surface area contributed by atoms with E-state index in [1.54, 1.807) is 0 Å². The summed E-state index contributed by atoms with van der Waals surface area (Å²) in [6, 6.07) is 0. The second-order valence-electron chi connectivity index (χ2n) is 6.15. The fourth-order valence-electron chi connectivity index (χ4n) is 4.37. The van der Waals surface area contributed by atoms with Gasteiger partial charge in [-0.2, -0.15) is 0 Å². The zero-order chi connectivity index (χ0) is 11.2. The van der Waals surface area contributed by atoms with E-state index in [0.717, 1.165) is 29.1 Å². The Morgan fingerprint density at radius 2 is 2.00 bits per heavy atom. The van der Waals surface area contributed by atoms with Crippen LogP contribution in [0.15, 0.2) is 12.2 Å². The smallest absolute Gasteiger partial charge is 0.0123 e. The summed E-state index contributed by atoms with van der Waals surface area (Å²) in [5.41, 5.74) is 2.24. The van der Waals surface area contributed by atoms with Gasteiger partial charge in [0, 0.05) is 0 Å². The van der Waals surface area contributed by atoms with Crippen LogP contribution in [0.25, 0.3) is 0 Å². The van der Waals surface area contributed by atoms with Gasteiger partial charge in [0.05, 0.1) is 0 Å². The van der Waals surface area contributed by atoms with Gasteiger partial charge in [-0.25, -0.2) is 0 Å². The van der Waals surface area contributed by atoms with E-state index in [-0.39, 0.29) is 0 Å². The Kier molecular flexibility index (Phi) is 2.73. The van der Waals surface area contributed by atoms with Gasteiger partial charge in [-0.15, -0.1) is 0 Å². The fraction of sp³-hybridized carbons (Fsp3) is 0.867. The van der Waals surface area contributed by atoms with Crippen molar-refractivity contribution in [3.05, 3.63) is 12.2 Å². The van der Waals surface area contributed by atoms with E-state index < -0.39 is 0 Å². The highest BCUT2D eigenvalue weighted by molar-refractivity contribution is 5.24. The van der Waals surface area contributed by atoms with E-state index in [2.05, 4.69) is 34.3 Å². The number of fused-ring (bicyclic) bond motifs is 1. The van der Waals surface area contributed by atoms with Crippen molar-refractivity contribution >= 4 is 0 Å². The van der Waals surface area contributed by atoms with Crippen LogP contribution in [-0.4, -0.2) is 0 Å². The van der Waals surface area contributed by atoms with Gasteiger partial charge in [-0.05, 0) is 48.3 Å². The second kappa shape index (κ2) is 3.64. The molecule has 2 aliphatic rings. The molecule has 0 bridgehead atoms. The maximum absolute atomic E-state index is 4.32. The molecule has 2 aliphatic carbocycles. The highest BCUT2D eigenvalue weighted by Gasteiger charge is 2.69. The summed E-state index contributed by atoms with van der Waals surface area (Å²) >= 11 is 0. The Hall–Kier alpha value is -0.260. The van der Waals surface area contributed by atoms with Crippen molar-refractivity contribution in [2.24, 2.45) is 29.1 Å². The summed E-state index contributed by atoms with van der Waals surface area (Å²) < 4.78 is 0. The van der Waals surface area contributed by atoms with Crippen molar-refractivity contribution in [2.45, 2.75) is 53.4 Å². The summed E-state index contributed by atoms with van der Waals surface area (Å²) in [5.74, 6) is 3.73. The first kappa shape index (κ1) is 11.2. The summed E-state index contributed by atoms with van der Waals surface area (Å²) in [6.45, 7) is 13.7. The quantitative estimate of drug-likeness (QED) is 0.574. The number of hydrogen-bond donors (Lipinski definition) is 0. The molecule has 2 fully saturated rings. The lowest BCUT2D eigenvalue weighted by Gasteiger charge is -2.43. The van der Waals surface area contributed by atoms with E-state index in [9.17, 15) is 0 Å². The molecule has 0 nitrogen and oxygen atoms in total. The maximum Gasteiger partial charge on any atom is -0.0123 e. The van der Waals surface area contributed by atoms with Crippen molar-refractivity contribution < 1.29 is 0 Å². The highest BCUT2D eigenvalue weighted by Crippen LogP contribution is 2.76. The van der Waals surface area contributed by atoms with Gasteiger partial charge in [0.2, 0.25) is 0 Å². The third-order valence-electron chi connectivity index (χ3n) is 5.09. The number of hydrogen-bond acceptors (Lipinski definition) is 0. The minimum absolute atomic E-state index is 0.724. The van der Waals surface area contributed by atoms with Crippen LogP contribution in [-0.2, 0) is 0 Å². The Morgan fingerprint density at radius 3 is 2.40 bits per heavy atom. The third kappa shape index (κ3) is 1.48. The standard InChI is InChI=1S/C15H26/c1-6-11(5)14(10(3)4)15-8-12(7-2)13(15)9-15/h10,12-14H,5-9H2,1-4H3. The van der Waals surface area contributed by atoms with Crippen molar-refractivity contribution in [2.75, 3.05) is 0 Å². The van der Waals surface area contributed by atoms with Gasteiger partial charge < -0.3 is 0 Å². The molecule has 0 aromatic carbocycles. The van der Waals surface area contributed by atoms with Crippen LogP contribution in [0.5, 0.6) is 0 Å². The lowest BCUT2D eigenvalue weighted by Crippen LogP contribution is -2.35. The summed E-state index contributed by atoms with van der Waals surface area (Å²) in [5, 5.41) is 0. The molecule has 4 atom stereocenters. The van der Waals surface area contributed by atoms with Gasteiger partial charge in [-0.1, -0.05) is 46.3 Å². The summed E-state index contributed by atoms with van der Waals surface area (Å²) in [6.07, 6.45) is 5.58. The van der Waals surface area contributed by atoms with Crippen molar-refractivity contribution in [3.8, 4) is 0 Å². The molecule has 0 heteroatoms. The molecule has 4 unspecified atom stereocenters. The van der Waals surface area contributed by atoms with Crippen molar-refractivity contribution in [1.29, 1.82) is 0 Å². The fourth-order valence-corrected chi connectivity index (χ4v) is 4.37. The molecule has 0 aliphatic heterocycles. The Labute approximate surface area is 95.1 Å². The van der Waals surface area contributed by atoms with Gasteiger partial charge >= 0.3 is 0 Å². The summed E-state index contributed by atoms with van der Waals surface area (Å²) in [7, 11) is 0. The van der Waals surface area contributed by atoms with E-state index >= 15 is 0 Å². The van der Waals surface area contributed by atoms with Crippen LogP contribution in [0, 0.1) is 29.1 Å². The lowest BCUT2D eigenvalue weighted by molar-refractivity contribution is 0.0949. The zero-order valence-corrected chi connectivity index (χ0v) is 10.8. The minimum atomic E-state index is 0.724. The predicted molar refractivity (Wildman–Crippen MR) is 66.7 cm³/mol. The molecule has 0 aromatic rings. The van der Waals surface area contributed by atoms with Gasteiger partial charge in [0.25, 0.3) is 0 Å². The van der Waals surface area contributed by atoms with Crippen LogP contribution in [0.2, 0.25) is 0 Å². The van der Waals surface area contributed by atoms with Gasteiger partial charge in [0.1, 0.15) is 0 Å². The molecular weight excluding hydrogens is 180 g/mol. The second-order valence-corrected chi connectivity index (χ2v) is 6.15. The molecule has 0 amide bonds. The molecule has 0 heterocycles.